The van der Waals surface area contributed by atoms with Gasteiger partial charge in [0, 0.05) is 16.1 Å². The van der Waals surface area contributed by atoms with Crippen LogP contribution in [-0.4, -0.2) is 17.8 Å². The average molecular weight is 411 g/mol. The van der Waals surface area contributed by atoms with Crippen LogP contribution >= 0.6 is 22.9 Å². The molecular weight excluding hydrogens is 396 g/mol. The van der Waals surface area contributed by atoms with Gasteiger partial charge in [-0.2, -0.15) is 5.26 Å². The van der Waals surface area contributed by atoms with Crippen molar-refractivity contribution in [2.24, 2.45) is 0 Å². The number of hydrogen-bond acceptors (Lipinski definition) is 5. The number of nitrogens with zero attached hydrogens (tertiary/aromatic N) is 1. The Labute approximate surface area is 171 Å². The number of benzene rings is 2. The fourth-order valence-corrected chi connectivity index (χ4v) is 3.28. The molecule has 28 heavy (non-hydrogen) atoms. The number of halogens is 1. The fourth-order valence-electron chi connectivity index (χ4n) is 2.42. The number of carbonyl (C=O) groups is 2. The maximum atomic E-state index is 12.5. The first kappa shape index (κ1) is 19.6. The monoisotopic (exact) mass is 410 g/mol. The molecule has 0 bridgehead atoms. The summed E-state index contributed by atoms with van der Waals surface area (Å²) in [6.07, 6.45) is -0.772. The van der Waals surface area contributed by atoms with E-state index in [4.69, 9.17) is 21.6 Å². The number of carbonyl (C=O) groups excluding carboxylic acids is 2. The Morgan fingerprint density at radius 1 is 1.07 bits per heavy atom. The molecule has 0 unspecified atom stereocenters. The van der Waals surface area contributed by atoms with Crippen molar-refractivity contribution in [2.45, 2.75) is 13.0 Å². The second kappa shape index (κ2) is 8.70. The summed E-state index contributed by atoms with van der Waals surface area (Å²) in [4.78, 5) is 24.7. The molecule has 0 aliphatic carbocycles. The van der Waals surface area contributed by atoms with Crippen LogP contribution in [-0.2, 0) is 4.79 Å². The molecule has 1 heterocycles. The number of amides is 1. The van der Waals surface area contributed by atoms with E-state index in [9.17, 15) is 9.59 Å². The molecule has 1 atom stereocenters. The standard InChI is InChI=1S/C21H15ClN2O3S/c1-13(20(26)24-21-16(12-23)10-11-28-21)27-18-8-4-15(5-9-18)19(25)14-2-6-17(22)7-3-14/h2-11,13H,1H3,(H,24,26)/t13-/m0/s1. The molecule has 2 aromatic carbocycles. The first-order chi connectivity index (χ1) is 13.5. The molecule has 1 N–H and O–H groups in total. The van der Waals surface area contributed by atoms with Crippen LogP contribution < -0.4 is 10.1 Å². The minimum atomic E-state index is -0.772. The SMILES string of the molecule is C[C@H](Oc1ccc(C(=O)c2ccc(Cl)cc2)cc1)C(=O)Nc1sccc1C#N. The highest BCUT2D eigenvalue weighted by atomic mass is 35.5. The Kier molecular flexibility index (Phi) is 6.09. The molecule has 7 heteroatoms. The molecule has 0 saturated heterocycles. The van der Waals surface area contributed by atoms with Crippen molar-refractivity contribution in [1.29, 1.82) is 5.26 Å². The van der Waals surface area contributed by atoms with Crippen LogP contribution in [0.15, 0.2) is 60.0 Å². The van der Waals surface area contributed by atoms with Gasteiger partial charge in [-0.15, -0.1) is 11.3 Å². The van der Waals surface area contributed by atoms with E-state index in [2.05, 4.69) is 5.32 Å². The summed E-state index contributed by atoms with van der Waals surface area (Å²) in [6.45, 7) is 1.61. The number of hydrogen-bond donors (Lipinski definition) is 1. The molecule has 1 aromatic heterocycles. The van der Waals surface area contributed by atoms with Gasteiger partial charge < -0.3 is 10.1 Å². The van der Waals surface area contributed by atoms with Crippen LogP contribution in [0.1, 0.15) is 28.4 Å². The number of nitrogens with one attached hydrogen (secondary N) is 1. The van der Waals surface area contributed by atoms with Gasteiger partial charge in [-0.25, -0.2) is 0 Å². The predicted octanol–water partition coefficient (Wildman–Crippen LogP) is 4.91. The lowest BCUT2D eigenvalue weighted by Gasteiger charge is -2.14. The summed E-state index contributed by atoms with van der Waals surface area (Å²) in [5.41, 5.74) is 1.45. The van der Waals surface area contributed by atoms with Gasteiger partial charge >= 0.3 is 0 Å². The Morgan fingerprint density at radius 3 is 2.29 bits per heavy atom. The van der Waals surface area contributed by atoms with Crippen LogP contribution in [0.5, 0.6) is 5.75 Å². The van der Waals surface area contributed by atoms with Crippen LogP contribution in [0.4, 0.5) is 5.00 Å². The van der Waals surface area contributed by atoms with E-state index in [0.717, 1.165) is 0 Å². The van der Waals surface area contributed by atoms with Crippen LogP contribution in [0.3, 0.4) is 0 Å². The molecule has 3 rings (SSSR count). The van der Waals surface area contributed by atoms with E-state index < -0.39 is 6.10 Å². The van der Waals surface area contributed by atoms with Gasteiger partial charge in [0.25, 0.3) is 5.91 Å². The number of ketones is 1. The average Bonchev–Trinajstić information content (AvgIpc) is 3.15. The Hall–Kier alpha value is -3.14. The molecule has 3 aromatic rings. The highest BCUT2D eigenvalue weighted by Crippen LogP contribution is 2.23. The molecule has 140 valence electrons. The third-order valence-electron chi connectivity index (χ3n) is 3.93. The van der Waals surface area contributed by atoms with Crippen molar-refractivity contribution in [3.63, 3.8) is 0 Å². The summed E-state index contributed by atoms with van der Waals surface area (Å²) in [5.74, 6) is -0.0296. The van der Waals surface area contributed by atoms with Gasteiger partial charge in [-0.05, 0) is 66.9 Å². The van der Waals surface area contributed by atoms with Crippen molar-refractivity contribution < 1.29 is 14.3 Å². The lowest BCUT2D eigenvalue weighted by Crippen LogP contribution is -2.30. The highest BCUT2D eigenvalue weighted by molar-refractivity contribution is 7.14. The second-order valence-electron chi connectivity index (χ2n) is 5.88. The third kappa shape index (κ3) is 4.58. The van der Waals surface area contributed by atoms with Crippen molar-refractivity contribution in [3.05, 3.63) is 81.7 Å². The zero-order chi connectivity index (χ0) is 20.1. The Morgan fingerprint density at radius 2 is 1.68 bits per heavy atom. The van der Waals surface area contributed by atoms with Crippen molar-refractivity contribution in [1.82, 2.24) is 0 Å². The highest BCUT2D eigenvalue weighted by Gasteiger charge is 2.17. The largest absolute Gasteiger partial charge is 0.481 e. The molecule has 0 spiro atoms. The van der Waals surface area contributed by atoms with E-state index in [1.54, 1.807) is 66.9 Å². The van der Waals surface area contributed by atoms with Crippen molar-refractivity contribution in [3.8, 4) is 11.8 Å². The van der Waals surface area contributed by atoms with E-state index in [0.29, 0.717) is 32.5 Å². The van der Waals surface area contributed by atoms with Crippen LogP contribution in [0.25, 0.3) is 0 Å². The molecule has 0 saturated carbocycles. The number of anilines is 1. The minimum Gasteiger partial charge on any atom is -0.481 e. The van der Waals surface area contributed by atoms with E-state index in [1.165, 1.54) is 11.3 Å². The molecule has 0 fully saturated rings. The van der Waals surface area contributed by atoms with E-state index in [1.807, 2.05) is 6.07 Å². The lowest BCUT2D eigenvalue weighted by atomic mass is 10.0. The fraction of sp³-hybridized carbons (Fsp3) is 0.0952. The summed E-state index contributed by atoms with van der Waals surface area (Å²) < 4.78 is 5.64. The maximum Gasteiger partial charge on any atom is 0.265 e. The van der Waals surface area contributed by atoms with Gasteiger partial charge in [0.2, 0.25) is 0 Å². The predicted molar refractivity (Wildman–Crippen MR) is 109 cm³/mol. The van der Waals surface area contributed by atoms with Gasteiger partial charge in [0.15, 0.2) is 11.9 Å². The molecule has 0 radical (unpaired) electrons. The minimum absolute atomic E-state index is 0.129. The normalized spacial score (nSPS) is 11.3. The molecule has 5 nitrogen and oxygen atoms in total. The smallest absolute Gasteiger partial charge is 0.265 e. The molecular formula is C21H15ClN2O3S. The van der Waals surface area contributed by atoms with Crippen LogP contribution in [0, 0.1) is 11.3 Å². The van der Waals surface area contributed by atoms with Gasteiger partial charge in [-0.3, -0.25) is 9.59 Å². The Balaban J connectivity index is 1.63. The molecule has 1 amide bonds. The van der Waals surface area contributed by atoms with E-state index >= 15 is 0 Å². The molecule has 0 aliphatic rings. The quantitative estimate of drug-likeness (QED) is 0.585. The summed E-state index contributed by atoms with van der Waals surface area (Å²) in [5, 5.41) is 14.5. The summed E-state index contributed by atoms with van der Waals surface area (Å²) in [6, 6.07) is 16.9. The number of nitriles is 1. The Bertz CT molecular complexity index is 1040. The van der Waals surface area contributed by atoms with Crippen LogP contribution in [0.2, 0.25) is 5.02 Å². The van der Waals surface area contributed by atoms with Crippen molar-refractivity contribution in [2.75, 3.05) is 5.32 Å². The van der Waals surface area contributed by atoms with Gasteiger partial charge in [-0.1, -0.05) is 11.6 Å². The van der Waals surface area contributed by atoms with Gasteiger partial charge in [0.05, 0.1) is 5.56 Å². The second-order valence-corrected chi connectivity index (χ2v) is 7.24. The third-order valence-corrected chi connectivity index (χ3v) is 5.01. The zero-order valence-corrected chi connectivity index (χ0v) is 16.4. The zero-order valence-electron chi connectivity index (χ0n) is 14.8. The maximum absolute atomic E-state index is 12.5. The number of ether oxygens (including phenoxy) is 1. The summed E-state index contributed by atoms with van der Waals surface area (Å²) >= 11 is 7.12. The number of thiophene rings is 1. The lowest BCUT2D eigenvalue weighted by molar-refractivity contribution is -0.122. The van der Waals surface area contributed by atoms with Crippen molar-refractivity contribution >= 4 is 39.6 Å². The van der Waals surface area contributed by atoms with E-state index in [-0.39, 0.29) is 11.7 Å². The first-order valence-corrected chi connectivity index (χ1v) is 9.59. The molecule has 0 aliphatic heterocycles. The summed E-state index contributed by atoms with van der Waals surface area (Å²) in [7, 11) is 0. The first-order valence-electron chi connectivity index (χ1n) is 8.33. The van der Waals surface area contributed by atoms with Gasteiger partial charge in [0.1, 0.15) is 16.8 Å². The topological polar surface area (TPSA) is 79.2 Å². The number of rotatable bonds is 6.